The number of hydrogen-bond acceptors (Lipinski definition) is 2. The molecular formula is C8H19NO. The van der Waals surface area contributed by atoms with Gasteiger partial charge in [-0.3, -0.25) is 0 Å². The number of nitrogens with two attached hydrogens (primary N) is 1. The Balaban J connectivity index is 3.34. The second-order valence-electron chi connectivity index (χ2n) is 3.47. The van der Waals surface area contributed by atoms with Crippen molar-refractivity contribution in [2.45, 2.75) is 45.8 Å². The summed E-state index contributed by atoms with van der Waals surface area (Å²) in [7, 11) is 0. The number of rotatable bonds is 4. The summed E-state index contributed by atoms with van der Waals surface area (Å²) in [5.74, 6) is 0.633. The van der Waals surface area contributed by atoms with Crippen molar-refractivity contribution in [3.05, 3.63) is 0 Å². The first-order valence-corrected chi connectivity index (χ1v) is 3.96. The maximum Gasteiger partial charge on any atom is 0.0526 e. The summed E-state index contributed by atoms with van der Waals surface area (Å²) in [5, 5.41) is 8.96. The molecule has 2 atom stereocenters. The largest absolute Gasteiger partial charge is 0.393 e. The van der Waals surface area contributed by atoms with E-state index in [9.17, 15) is 0 Å². The van der Waals surface area contributed by atoms with Crippen LogP contribution in [-0.4, -0.2) is 17.3 Å². The lowest BCUT2D eigenvalue weighted by molar-refractivity contribution is 0.170. The fraction of sp³-hybridized carbons (Fsp3) is 1.00. The van der Waals surface area contributed by atoms with Crippen LogP contribution in [0.15, 0.2) is 0 Å². The van der Waals surface area contributed by atoms with Gasteiger partial charge in [-0.1, -0.05) is 13.8 Å². The number of hydrogen-bond donors (Lipinski definition) is 2. The standard InChI is InChI=1S/C8H19NO/c1-6(2)4-8(9)5-7(3)10/h6-8,10H,4-5,9H2,1-3H3. The van der Waals surface area contributed by atoms with Gasteiger partial charge in [-0.15, -0.1) is 0 Å². The predicted molar refractivity (Wildman–Crippen MR) is 43.7 cm³/mol. The minimum Gasteiger partial charge on any atom is -0.393 e. The molecule has 0 fully saturated rings. The molecule has 3 N–H and O–H groups in total. The van der Waals surface area contributed by atoms with E-state index in [-0.39, 0.29) is 12.1 Å². The van der Waals surface area contributed by atoms with Crippen molar-refractivity contribution in [3.63, 3.8) is 0 Å². The van der Waals surface area contributed by atoms with E-state index < -0.39 is 0 Å². The van der Waals surface area contributed by atoms with E-state index in [4.69, 9.17) is 10.8 Å². The fourth-order valence-corrected chi connectivity index (χ4v) is 1.14. The van der Waals surface area contributed by atoms with Gasteiger partial charge in [0.05, 0.1) is 6.10 Å². The zero-order valence-corrected chi connectivity index (χ0v) is 7.17. The van der Waals surface area contributed by atoms with Crippen LogP contribution in [0.5, 0.6) is 0 Å². The van der Waals surface area contributed by atoms with Crippen LogP contribution in [0.1, 0.15) is 33.6 Å². The molecule has 0 amide bonds. The van der Waals surface area contributed by atoms with Gasteiger partial charge in [-0.25, -0.2) is 0 Å². The third kappa shape index (κ3) is 6.05. The van der Waals surface area contributed by atoms with Crippen molar-refractivity contribution in [1.82, 2.24) is 0 Å². The number of aliphatic hydroxyl groups is 1. The summed E-state index contributed by atoms with van der Waals surface area (Å²) >= 11 is 0. The Kier molecular flexibility index (Phi) is 4.65. The van der Waals surface area contributed by atoms with Crippen LogP contribution in [-0.2, 0) is 0 Å². The van der Waals surface area contributed by atoms with Crippen LogP contribution < -0.4 is 5.73 Å². The summed E-state index contributed by atoms with van der Waals surface area (Å²) in [6.07, 6.45) is 1.47. The first-order valence-electron chi connectivity index (χ1n) is 3.96. The molecule has 0 bridgehead atoms. The number of aliphatic hydroxyl groups excluding tert-OH is 1. The topological polar surface area (TPSA) is 46.2 Å². The van der Waals surface area contributed by atoms with Gasteiger partial charge in [-0.05, 0) is 25.7 Å². The summed E-state index contributed by atoms with van der Waals surface area (Å²) in [4.78, 5) is 0. The highest BCUT2D eigenvalue weighted by molar-refractivity contribution is 4.65. The van der Waals surface area contributed by atoms with E-state index in [0.29, 0.717) is 5.92 Å². The Morgan fingerprint density at radius 2 is 1.70 bits per heavy atom. The van der Waals surface area contributed by atoms with Gasteiger partial charge in [0, 0.05) is 6.04 Å². The quantitative estimate of drug-likeness (QED) is 0.623. The molecule has 0 saturated heterocycles. The van der Waals surface area contributed by atoms with E-state index in [1.54, 1.807) is 6.92 Å². The molecule has 0 heterocycles. The van der Waals surface area contributed by atoms with Crippen molar-refractivity contribution in [2.24, 2.45) is 11.7 Å². The third-order valence-corrected chi connectivity index (χ3v) is 1.42. The van der Waals surface area contributed by atoms with Crippen molar-refractivity contribution in [1.29, 1.82) is 0 Å². The van der Waals surface area contributed by atoms with Gasteiger partial charge >= 0.3 is 0 Å². The van der Waals surface area contributed by atoms with Crippen LogP contribution in [0, 0.1) is 5.92 Å². The first kappa shape index (κ1) is 9.92. The molecule has 2 nitrogen and oxygen atoms in total. The molecule has 0 aromatic heterocycles. The highest BCUT2D eigenvalue weighted by Crippen LogP contribution is 2.06. The van der Waals surface area contributed by atoms with Gasteiger partial charge in [-0.2, -0.15) is 0 Å². The second kappa shape index (κ2) is 4.69. The van der Waals surface area contributed by atoms with Gasteiger partial charge < -0.3 is 10.8 Å². The first-order chi connectivity index (χ1) is 4.52. The van der Waals surface area contributed by atoms with Gasteiger partial charge in [0.2, 0.25) is 0 Å². The van der Waals surface area contributed by atoms with Crippen LogP contribution in [0.25, 0.3) is 0 Å². The monoisotopic (exact) mass is 145 g/mol. The predicted octanol–water partition coefficient (Wildman–Crippen LogP) is 1.13. The Hall–Kier alpha value is -0.0800. The average molecular weight is 145 g/mol. The average Bonchev–Trinajstić information content (AvgIpc) is 1.58. The smallest absolute Gasteiger partial charge is 0.0526 e. The van der Waals surface area contributed by atoms with E-state index in [1.807, 2.05) is 0 Å². The molecule has 2 heteroatoms. The normalized spacial score (nSPS) is 17.4. The maximum atomic E-state index is 8.96. The van der Waals surface area contributed by atoms with E-state index in [2.05, 4.69) is 13.8 Å². The van der Waals surface area contributed by atoms with E-state index >= 15 is 0 Å². The van der Waals surface area contributed by atoms with Gasteiger partial charge in [0.25, 0.3) is 0 Å². The minimum atomic E-state index is -0.256. The Morgan fingerprint density at radius 3 is 2.00 bits per heavy atom. The minimum absolute atomic E-state index is 0.167. The Labute approximate surface area is 63.4 Å². The highest BCUT2D eigenvalue weighted by Gasteiger charge is 2.07. The SMILES string of the molecule is CC(C)CC(N)CC(C)O. The van der Waals surface area contributed by atoms with Crippen molar-refractivity contribution in [3.8, 4) is 0 Å². The second-order valence-corrected chi connectivity index (χ2v) is 3.47. The maximum absolute atomic E-state index is 8.96. The lowest BCUT2D eigenvalue weighted by Crippen LogP contribution is -2.26. The molecule has 0 rings (SSSR count). The van der Waals surface area contributed by atoms with Crippen LogP contribution in [0.4, 0.5) is 0 Å². The summed E-state index contributed by atoms with van der Waals surface area (Å²) in [6, 6.07) is 0.167. The van der Waals surface area contributed by atoms with Crippen LogP contribution in [0.3, 0.4) is 0 Å². The summed E-state index contributed by atoms with van der Waals surface area (Å²) in [5.41, 5.74) is 5.72. The molecule has 0 radical (unpaired) electrons. The van der Waals surface area contributed by atoms with E-state index in [0.717, 1.165) is 12.8 Å². The van der Waals surface area contributed by atoms with Crippen molar-refractivity contribution < 1.29 is 5.11 Å². The fourth-order valence-electron chi connectivity index (χ4n) is 1.14. The molecule has 0 saturated carbocycles. The zero-order valence-electron chi connectivity index (χ0n) is 7.17. The molecule has 0 aliphatic heterocycles. The molecular weight excluding hydrogens is 126 g/mol. The van der Waals surface area contributed by atoms with Crippen LogP contribution >= 0.6 is 0 Å². The summed E-state index contributed by atoms with van der Waals surface area (Å²) in [6.45, 7) is 6.06. The van der Waals surface area contributed by atoms with Crippen molar-refractivity contribution in [2.75, 3.05) is 0 Å². The molecule has 0 aliphatic rings. The molecule has 0 aromatic rings. The summed E-state index contributed by atoms with van der Waals surface area (Å²) < 4.78 is 0. The molecule has 0 aromatic carbocycles. The van der Waals surface area contributed by atoms with E-state index in [1.165, 1.54) is 0 Å². The molecule has 2 unspecified atom stereocenters. The Morgan fingerprint density at radius 1 is 1.20 bits per heavy atom. The van der Waals surface area contributed by atoms with Gasteiger partial charge in [0.1, 0.15) is 0 Å². The lowest BCUT2D eigenvalue weighted by atomic mass is 10.0. The molecule has 0 spiro atoms. The zero-order chi connectivity index (χ0) is 8.15. The molecule has 0 aliphatic carbocycles. The third-order valence-electron chi connectivity index (χ3n) is 1.42. The van der Waals surface area contributed by atoms with Gasteiger partial charge in [0.15, 0.2) is 0 Å². The molecule has 62 valence electrons. The highest BCUT2D eigenvalue weighted by atomic mass is 16.3. The molecule has 10 heavy (non-hydrogen) atoms. The van der Waals surface area contributed by atoms with Crippen molar-refractivity contribution >= 4 is 0 Å². The Bertz CT molecular complexity index is 71.3. The van der Waals surface area contributed by atoms with Crippen LogP contribution in [0.2, 0.25) is 0 Å². The lowest BCUT2D eigenvalue weighted by Gasteiger charge is -2.14.